The SMILES string of the molecule is COC(=O)[C@H](CCCN1C(=O)c2ccccc2C1=O)NC(=O)c1ccc(N)cc1. The van der Waals surface area contributed by atoms with Crippen LogP contribution in [0, 0.1) is 0 Å². The number of esters is 1. The van der Waals surface area contributed by atoms with Crippen LogP contribution in [0.3, 0.4) is 0 Å². The van der Waals surface area contributed by atoms with Crippen molar-refractivity contribution in [2.45, 2.75) is 18.9 Å². The van der Waals surface area contributed by atoms with Gasteiger partial charge < -0.3 is 15.8 Å². The lowest BCUT2D eigenvalue weighted by Crippen LogP contribution is -2.42. The van der Waals surface area contributed by atoms with Gasteiger partial charge in [0, 0.05) is 17.8 Å². The number of imide groups is 1. The molecule has 2 aromatic rings. The Balaban J connectivity index is 1.61. The molecule has 3 N–H and O–H groups in total. The van der Waals surface area contributed by atoms with Crippen LogP contribution >= 0.6 is 0 Å². The van der Waals surface area contributed by atoms with Crippen LogP contribution in [0.15, 0.2) is 48.5 Å². The molecule has 3 rings (SSSR count). The van der Waals surface area contributed by atoms with E-state index >= 15 is 0 Å². The summed E-state index contributed by atoms with van der Waals surface area (Å²) in [6.45, 7) is 0.136. The number of benzene rings is 2. The van der Waals surface area contributed by atoms with Gasteiger partial charge in [0.2, 0.25) is 0 Å². The van der Waals surface area contributed by atoms with Crippen LogP contribution in [0.5, 0.6) is 0 Å². The number of nitrogens with two attached hydrogens (primary N) is 1. The van der Waals surface area contributed by atoms with Gasteiger partial charge in [0.25, 0.3) is 17.7 Å². The number of amides is 3. The van der Waals surface area contributed by atoms with Gasteiger partial charge in [-0.15, -0.1) is 0 Å². The highest BCUT2D eigenvalue weighted by molar-refractivity contribution is 6.21. The number of rotatable bonds is 7. The van der Waals surface area contributed by atoms with Crippen molar-refractivity contribution in [3.63, 3.8) is 0 Å². The maximum atomic E-state index is 12.4. The molecule has 2 aromatic carbocycles. The molecule has 0 saturated carbocycles. The Morgan fingerprint density at radius 3 is 2.17 bits per heavy atom. The van der Waals surface area contributed by atoms with Gasteiger partial charge in [-0.25, -0.2) is 4.79 Å². The van der Waals surface area contributed by atoms with E-state index in [4.69, 9.17) is 10.5 Å². The van der Waals surface area contributed by atoms with E-state index in [-0.39, 0.29) is 24.8 Å². The van der Waals surface area contributed by atoms with Crippen molar-refractivity contribution in [2.24, 2.45) is 0 Å². The highest BCUT2D eigenvalue weighted by Crippen LogP contribution is 2.22. The standard InChI is InChI=1S/C21H21N3O5/c1-29-21(28)17(23-18(25)13-8-10-14(22)11-9-13)7-4-12-24-19(26)15-5-2-3-6-16(15)20(24)27/h2-3,5-6,8-11,17H,4,7,12,22H2,1H3,(H,23,25)/t17-/m0/s1. The molecule has 0 saturated heterocycles. The van der Waals surface area contributed by atoms with Crippen molar-refractivity contribution in [3.8, 4) is 0 Å². The Bertz CT molecular complexity index is 920. The molecule has 0 aliphatic carbocycles. The number of carbonyl (C=O) groups excluding carboxylic acids is 4. The Hall–Kier alpha value is -3.68. The van der Waals surface area contributed by atoms with E-state index in [9.17, 15) is 19.2 Å². The minimum Gasteiger partial charge on any atom is -0.467 e. The van der Waals surface area contributed by atoms with Crippen molar-refractivity contribution in [2.75, 3.05) is 19.4 Å². The molecule has 0 aromatic heterocycles. The lowest BCUT2D eigenvalue weighted by molar-refractivity contribution is -0.143. The summed E-state index contributed by atoms with van der Waals surface area (Å²) >= 11 is 0. The molecule has 1 aliphatic rings. The average Bonchev–Trinajstić information content (AvgIpc) is 2.97. The van der Waals surface area contributed by atoms with E-state index in [0.29, 0.717) is 28.8 Å². The number of methoxy groups -OCH3 is 1. The van der Waals surface area contributed by atoms with Gasteiger partial charge in [-0.3, -0.25) is 19.3 Å². The predicted molar refractivity (Wildman–Crippen MR) is 105 cm³/mol. The summed E-state index contributed by atoms with van der Waals surface area (Å²) in [4.78, 5) is 50.4. The molecule has 0 unspecified atom stereocenters. The average molecular weight is 395 g/mol. The first-order chi connectivity index (χ1) is 13.9. The molecule has 150 valence electrons. The van der Waals surface area contributed by atoms with Crippen LogP contribution in [-0.2, 0) is 9.53 Å². The zero-order valence-corrected chi connectivity index (χ0v) is 15.9. The van der Waals surface area contributed by atoms with Gasteiger partial charge in [0.15, 0.2) is 0 Å². The summed E-state index contributed by atoms with van der Waals surface area (Å²) in [5.74, 6) is -1.76. The molecule has 0 bridgehead atoms. The minimum atomic E-state index is -0.903. The van der Waals surface area contributed by atoms with E-state index in [2.05, 4.69) is 5.32 Å². The number of hydrogen-bond donors (Lipinski definition) is 2. The van der Waals surface area contributed by atoms with E-state index < -0.39 is 17.9 Å². The molecule has 29 heavy (non-hydrogen) atoms. The first-order valence-corrected chi connectivity index (χ1v) is 9.12. The first kappa shape index (κ1) is 20.1. The highest BCUT2D eigenvalue weighted by Gasteiger charge is 2.35. The molecule has 1 atom stereocenters. The van der Waals surface area contributed by atoms with Crippen molar-refractivity contribution < 1.29 is 23.9 Å². The van der Waals surface area contributed by atoms with Crippen LogP contribution in [0.4, 0.5) is 5.69 Å². The number of hydrogen-bond acceptors (Lipinski definition) is 6. The van der Waals surface area contributed by atoms with E-state index in [1.54, 1.807) is 48.5 Å². The number of nitrogen functional groups attached to an aromatic ring is 1. The van der Waals surface area contributed by atoms with Gasteiger partial charge in [-0.1, -0.05) is 12.1 Å². The van der Waals surface area contributed by atoms with Crippen LogP contribution in [-0.4, -0.2) is 48.3 Å². The fraction of sp³-hybridized carbons (Fsp3) is 0.238. The molecule has 1 aliphatic heterocycles. The number of nitrogens with one attached hydrogen (secondary N) is 1. The van der Waals surface area contributed by atoms with Crippen LogP contribution < -0.4 is 11.1 Å². The maximum Gasteiger partial charge on any atom is 0.328 e. The fourth-order valence-corrected chi connectivity index (χ4v) is 3.16. The third kappa shape index (κ3) is 4.26. The van der Waals surface area contributed by atoms with E-state index in [0.717, 1.165) is 4.90 Å². The first-order valence-electron chi connectivity index (χ1n) is 9.12. The molecule has 0 spiro atoms. The topological polar surface area (TPSA) is 119 Å². The third-order valence-electron chi connectivity index (χ3n) is 4.72. The second kappa shape index (κ2) is 8.55. The van der Waals surface area contributed by atoms with Gasteiger partial charge >= 0.3 is 5.97 Å². The fourth-order valence-electron chi connectivity index (χ4n) is 3.16. The zero-order valence-electron chi connectivity index (χ0n) is 15.9. The summed E-state index contributed by atoms with van der Waals surface area (Å²) < 4.78 is 4.76. The molecule has 8 nitrogen and oxygen atoms in total. The predicted octanol–water partition coefficient (Wildman–Crippen LogP) is 1.62. The molecule has 3 amide bonds. The van der Waals surface area contributed by atoms with Crippen molar-refractivity contribution in [1.29, 1.82) is 0 Å². The van der Waals surface area contributed by atoms with Gasteiger partial charge in [-0.2, -0.15) is 0 Å². The van der Waals surface area contributed by atoms with Crippen molar-refractivity contribution in [3.05, 3.63) is 65.2 Å². The summed E-state index contributed by atoms with van der Waals surface area (Å²) in [5.41, 5.74) is 7.23. The van der Waals surface area contributed by atoms with Gasteiger partial charge in [0.1, 0.15) is 6.04 Å². The highest BCUT2D eigenvalue weighted by atomic mass is 16.5. The second-order valence-corrected chi connectivity index (χ2v) is 6.62. The summed E-state index contributed by atoms with van der Waals surface area (Å²) in [6.07, 6.45) is 0.536. The van der Waals surface area contributed by atoms with Gasteiger partial charge in [-0.05, 0) is 49.2 Å². The monoisotopic (exact) mass is 395 g/mol. The summed E-state index contributed by atoms with van der Waals surface area (Å²) in [6, 6.07) is 12.0. The normalized spacial score (nSPS) is 13.8. The largest absolute Gasteiger partial charge is 0.467 e. The lowest BCUT2D eigenvalue weighted by Gasteiger charge is -2.18. The molecular formula is C21H21N3O5. The van der Waals surface area contributed by atoms with E-state index in [1.807, 2.05) is 0 Å². The minimum absolute atomic E-state index is 0.136. The Morgan fingerprint density at radius 1 is 1.03 bits per heavy atom. The molecular weight excluding hydrogens is 374 g/mol. The summed E-state index contributed by atoms with van der Waals surface area (Å²) in [5, 5.41) is 2.63. The van der Waals surface area contributed by atoms with Gasteiger partial charge in [0.05, 0.1) is 18.2 Å². The van der Waals surface area contributed by atoms with Crippen LogP contribution in [0.1, 0.15) is 43.9 Å². The summed E-state index contributed by atoms with van der Waals surface area (Å²) in [7, 11) is 1.23. The van der Waals surface area contributed by atoms with E-state index in [1.165, 1.54) is 7.11 Å². The Labute approximate surface area is 167 Å². The molecule has 1 heterocycles. The molecule has 0 fully saturated rings. The number of anilines is 1. The van der Waals surface area contributed by atoms with Crippen molar-refractivity contribution in [1.82, 2.24) is 10.2 Å². The Kier molecular flexibility index (Phi) is 5.92. The number of carbonyl (C=O) groups is 4. The maximum absolute atomic E-state index is 12.4. The lowest BCUT2D eigenvalue weighted by atomic mass is 10.1. The van der Waals surface area contributed by atoms with Crippen LogP contribution in [0.2, 0.25) is 0 Å². The Morgan fingerprint density at radius 2 is 1.62 bits per heavy atom. The number of nitrogens with zero attached hydrogens (tertiary/aromatic N) is 1. The number of fused-ring (bicyclic) bond motifs is 1. The molecule has 8 heteroatoms. The smallest absolute Gasteiger partial charge is 0.328 e. The second-order valence-electron chi connectivity index (χ2n) is 6.62. The number of ether oxygens (including phenoxy) is 1. The zero-order chi connectivity index (χ0) is 21.0. The molecule has 0 radical (unpaired) electrons. The van der Waals surface area contributed by atoms with Crippen molar-refractivity contribution >= 4 is 29.4 Å². The quantitative estimate of drug-likeness (QED) is 0.418. The van der Waals surface area contributed by atoms with Crippen LogP contribution in [0.25, 0.3) is 0 Å². The third-order valence-corrected chi connectivity index (χ3v) is 4.72.